The molecule has 0 unspecified atom stereocenters. The summed E-state index contributed by atoms with van der Waals surface area (Å²) >= 11 is 0. The van der Waals surface area contributed by atoms with Crippen LogP contribution in [0.15, 0.2) is 28.7 Å². The monoisotopic (exact) mass is 329 g/mol. The average molecular weight is 329 g/mol. The molecule has 2 aromatic rings. The van der Waals surface area contributed by atoms with Crippen LogP contribution in [-0.2, 0) is 24.4 Å². The molecule has 0 bridgehead atoms. The van der Waals surface area contributed by atoms with Gasteiger partial charge in [0.05, 0.1) is 6.54 Å². The Labute approximate surface area is 141 Å². The second-order valence-corrected chi connectivity index (χ2v) is 6.28. The summed E-state index contributed by atoms with van der Waals surface area (Å²) in [7, 11) is 3.90. The molecule has 3 rings (SSSR count). The fourth-order valence-corrected chi connectivity index (χ4v) is 2.79. The molecule has 0 atom stereocenters. The summed E-state index contributed by atoms with van der Waals surface area (Å²) in [6.07, 6.45) is 1.62. The number of carbonyl (C=O) groups is 1. The second-order valence-electron chi connectivity index (χ2n) is 6.28. The molecule has 1 aromatic heterocycles. The molecule has 1 amide bonds. The van der Waals surface area contributed by atoms with Crippen molar-refractivity contribution >= 4 is 11.9 Å². The van der Waals surface area contributed by atoms with Crippen LogP contribution in [0, 0.1) is 0 Å². The molecule has 1 aliphatic heterocycles. The molecule has 0 aliphatic carbocycles. The van der Waals surface area contributed by atoms with Crippen LogP contribution in [0.2, 0.25) is 0 Å². The highest BCUT2D eigenvalue weighted by Gasteiger charge is 2.20. The van der Waals surface area contributed by atoms with E-state index in [4.69, 9.17) is 4.42 Å². The van der Waals surface area contributed by atoms with E-state index in [9.17, 15) is 4.79 Å². The number of benzene rings is 1. The molecule has 1 saturated heterocycles. The van der Waals surface area contributed by atoms with Crippen molar-refractivity contribution in [3.8, 4) is 0 Å². The number of nitrogens with one attached hydrogen (secondary N) is 1. The van der Waals surface area contributed by atoms with Crippen LogP contribution in [0.3, 0.4) is 0 Å². The fraction of sp³-hybridized carbons (Fsp3) is 0.471. The van der Waals surface area contributed by atoms with Crippen LogP contribution in [0.5, 0.6) is 0 Å². The largest absolute Gasteiger partial charge is 0.407 e. The molecule has 1 fully saturated rings. The standard InChI is InChI=1S/C17H23N5O2/c1-21(2)12-15-19-20-17(24-15)18-10-13-6-3-4-7-14(13)11-22-9-5-8-16(22)23/h3-4,6-7H,5,8-12H2,1-2H3,(H,18,20). The van der Waals surface area contributed by atoms with E-state index in [0.717, 1.165) is 24.1 Å². The van der Waals surface area contributed by atoms with Gasteiger partial charge in [0, 0.05) is 26.1 Å². The molecule has 0 radical (unpaired) electrons. The van der Waals surface area contributed by atoms with E-state index < -0.39 is 0 Å². The number of likely N-dealkylation sites (tertiary alicyclic amines) is 1. The Bertz CT molecular complexity index is 698. The molecular formula is C17H23N5O2. The van der Waals surface area contributed by atoms with Gasteiger partial charge in [0.25, 0.3) is 0 Å². The zero-order valence-corrected chi connectivity index (χ0v) is 14.2. The Kier molecular flexibility index (Phi) is 5.10. The molecular weight excluding hydrogens is 306 g/mol. The maximum atomic E-state index is 11.8. The smallest absolute Gasteiger partial charge is 0.315 e. The molecule has 7 heteroatoms. The lowest BCUT2D eigenvalue weighted by Crippen LogP contribution is -2.24. The molecule has 24 heavy (non-hydrogen) atoms. The Morgan fingerprint density at radius 2 is 2.04 bits per heavy atom. The number of anilines is 1. The zero-order valence-electron chi connectivity index (χ0n) is 14.2. The molecule has 128 valence electrons. The number of nitrogens with zero attached hydrogens (tertiary/aromatic N) is 4. The Morgan fingerprint density at radius 3 is 2.75 bits per heavy atom. The van der Waals surface area contributed by atoms with Gasteiger partial charge in [0.15, 0.2) is 0 Å². The van der Waals surface area contributed by atoms with Crippen molar-refractivity contribution in [3.63, 3.8) is 0 Å². The van der Waals surface area contributed by atoms with E-state index in [1.165, 1.54) is 0 Å². The van der Waals surface area contributed by atoms with Crippen molar-refractivity contribution in [3.05, 3.63) is 41.3 Å². The first-order chi connectivity index (χ1) is 11.6. The zero-order chi connectivity index (χ0) is 16.9. The Hall–Kier alpha value is -2.41. The molecule has 0 spiro atoms. The van der Waals surface area contributed by atoms with Gasteiger partial charge in [0.2, 0.25) is 11.8 Å². The normalized spacial score (nSPS) is 14.6. The minimum atomic E-state index is 0.239. The van der Waals surface area contributed by atoms with E-state index in [0.29, 0.717) is 38.0 Å². The van der Waals surface area contributed by atoms with Gasteiger partial charge < -0.3 is 19.5 Å². The van der Waals surface area contributed by atoms with Gasteiger partial charge in [-0.3, -0.25) is 4.79 Å². The predicted molar refractivity (Wildman–Crippen MR) is 90.1 cm³/mol. The van der Waals surface area contributed by atoms with Crippen LogP contribution in [0.4, 0.5) is 6.01 Å². The minimum Gasteiger partial charge on any atom is -0.407 e. The second kappa shape index (κ2) is 7.44. The summed E-state index contributed by atoms with van der Waals surface area (Å²) in [5, 5.41) is 11.2. The maximum Gasteiger partial charge on any atom is 0.315 e. The first-order valence-corrected chi connectivity index (χ1v) is 8.17. The molecule has 1 aliphatic rings. The number of hydrogen-bond donors (Lipinski definition) is 1. The van der Waals surface area contributed by atoms with Gasteiger partial charge in [-0.25, -0.2) is 0 Å². The summed E-state index contributed by atoms with van der Waals surface area (Å²) in [5.41, 5.74) is 2.28. The number of hydrogen-bond acceptors (Lipinski definition) is 6. The summed E-state index contributed by atoms with van der Waals surface area (Å²) in [4.78, 5) is 15.7. The first kappa shape index (κ1) is 16.4. The van der Waals surface area contributed by atoms with Crippen molar-refractivity contribution in [2.24, 2.45) is 0 Å². The first-order valence-electron chi connectivity index (χ1n) is 8.17. The third kappa shape index (κ3) is 4.11. The van der Waals surface area contributed by atoms with E-state index in [-0.39, 0.29) is 5.91 Å². The lowest BCUT2D eigenvalue weighted by atomic mass is 10.1. The van der Waals surface area contributed by atoms with Crippen LogP contribution in [0.25, 0.3) is 0 Å². The number of aromatic nitrogens is 2. The van der Waals surface area contributed by atoms with Gasteiger partial charge in [0.1, 0.15) is 0 Å². The van der Waals surface area contributed by atoms with E-state index in [1.807, 2.05) is 36.0 Å². The summed E-state index contributed by atoms with van der Waals surface area (Å²) in [6, 6.07) is 8.53. The predicted octanol–water partition coefficient (Wildman–Crippen LogP) is 1.87. The number of rotatable bonds is 7. The average Bonchev–Trinajstić information content (AvgIpc) is 3.15. The molecule has 2 heterocycles. The summed E-state index contributed by atoms with van der Waals surface area (Å²) < 4.78 is 5.57. The molecule has 7 nitrogen and oxygen atoms in total. The molecule has 1 aromatic carbocycles. The number of amides is 1. The number of carbonyl (C=O) groups excluding carboxylic acids is 1. The Morgan fingerprint density at radius 1 is 1.25 bits per heavy atom. The molecule has 1 N–H and O–H groups in total. The van der Waals surface area contributed by atoms with Gasteiger partial charge in [-0.1, -0.05) is 29.4 Å². The van der Waals surface area contributed by atoms with Gasteiger partial charge >= 0.3 is 6.01 Å². The lowest BCUT2D eigenvalue weighted by Gasteiger charge is -2.18. The van der Waals surface area contributed by atoms with Crippen molar-refractivity contribution in [1.29, 1.82) is 0 Å². The Balaban J connectivity index is 1.62. The quantitative estimate of drug-likeness (QED) is 0.836. The van der Waals surface area contributed by atoms with Crippen molar-refractivity contribution < 1.29 is 9.21 Å². The van der Waals surface area contributed by atoms with Gasteiger partial charge in [-0.15, -0.1) is 5.10 Å². The van der Waals surface area contributed by atoms with Crippen molar-refractivity contribution in [2.75, 3.05) is 26.0 Å². The van der Waals surface area contributed by atoms with E-state index >= 15 is 0 Å². The summed E-state index contributed by atoms with van der Waals surface area (Å²) in [5.74, 6) is 0.821. The van der Waals surface area contributed by atoms with Crippen LogP contribution >= 0.6 is 0 Å². The van der Waals surface area contributed by atoms with Crippen LogP contribution in [0.1, 0.15) is 29.9 Å². The highest BCUT2D eigenvalue weighted by molar-refractivity contribution is 5.78. The highest BCUT2D eigenvalue weighted by atomic mass is 16.4. The third-order valence-corrected chi connectivity index (χ3v) is 4.00. The third-order valence-electron chi connectivity index (χ3n) is 4.00. The van der Waals surface area contributed by atoms with E-state index in [1.54, 1.807) is 0 Å². The minimum absolute atomic E-state index is 0.239. The maximum absolute atomic E-state index is 11.8. The summed E-state index contributed by atoms with van der Waals surface area (Å²) in [6.45, 7) is 2.70. The topological polar surface area (TPSA) is 74.5 Å². The van der Waals surface area contributed by atoms with Crippen molar-refractivity contribution in [2.45, 2.75) is 32.5 Å². The van der Waals surface area contributed by atoms with Crippen LogP contribution in [-0.4, -0.2) is 46.5 Å². The van der Waals surface area contributed by atoms with Gasteiger partial charge in [-0.2, -0.15) is 0 Å². The van der Waals surface area contributed by atoms with Gasteiger partial charge in [-0.05, 0) is 31.6 Å². The molecule has 0 saturated carbocycles. The van der Waals surface area contributed by atoms with Crippen LogP contribution < -0.4 is 5.32 Å². The SMILES string of the molecule is CN(C)Cc1nnc(NCc2ccccc2CN2CCCC2=O)o1. The fourth-order valence-electron chi connectivity index (χ4n) is 2.79. The van der Waals surface area contributed by atoms with E-state index in [2.05, 4.69) is 27.6 Å². The lowest BCUT2D eigenvalue weighted by molar-refractivity contribution is -0.128. The van der Waals surface area contributed by atoms with Crippen molar-refractivity contribution in [1.82, 2.24) is 20.0 Å². The highest BCUT2D eigenvalue weighted by Crippen LogP contribution is 2.18.